The molecule has 4 nitrogen and oxygen atoms in total. The number of benzene rings is 2. The van der Waals surface area contributed by atoms with Crippen LogP contribution in [0.15, 0.2) is 48.5 Å². The van der Waals surface area contributed by atoms with Gasteiger partial charge in [-0.15, -0.1) is 0 Å². The molecule has 4 heteroatoms. The first-order valence-electron chi connectivity index (χ1n) is 10.3. The molecule has 29 heavy (non-hydrogen) atoms. The minimum absolute atomic E-state index is 0.182. The number of rotatable bonds is 8. The largest absolute Gasteiger partial charge is 0.508 e. The van der Waals surface area contributed by atoms with Gasteiger partial charge in [-0.25, -0.2) is 0 Å². The van der Waals surface area contributed by atoms with Crippen LogP contribution in [0, 0.1) is 13.8 Å². The number of amides is 1. The molecule has 1 amide bonds. The third kappa shape index (κ3) is 4.53. The topological polar surface area (TPSA) is 68.2 Å². The zero-order chi connectivity index (χ0) is 21.0. The Labute approximate surface area is 173 Å². The molecule has 0 fully saturated rings. The highest BCUT2D eigenvalue weighted by molar-refractivity contribution is 6.02. The maximum absolute atomic E-state index is 12.4. The molecule has 0 aliphatic heterocycles. The van der Waals surface area contributed by atoms with Crippen molar-refractivity contribution >= 4 is 5.91 Å². The number of hydrogen-bond acceptors (Lipinski definition) is 2. The quantitative estimate of drug-likeness (QED) is 0.509. The first-order valence-corrected chi connectivity index (χ1v) is 10.3. The molecule has 1 aromatic heterocycles. The third-order valence-electron chi connectivity index (χ3n) is 5.45. The van der Waals surface area contributed by atoms with Gasteiger partial charge in [-0.2, -0.15) is 0 Å². The van der Waals surface area contributed by atoms with E-state index in [4.69, 9.17) is 5.73 Å². The molecular weight excluding hydrogens is 360 g/mol. The van der Waals surface area contributed by atoms with E-state index in [1.165, 1.54) is 11.1 Å². The van der Waals surface area contributed by atoms with Gasteiger partial charge in [-0.05, 0) is 49.9 Å². The number of unbranched alkanes of at least 4 members (excludes halogenated alkanes) is 2. The minimum Gasteiger partial charge on any atom is -0.508 e. The van der Waals surface area contributed by atoms with Crippen LogP contribution in [0.5, 0.6) is 5.75 Å². The summed E-state index contributed by atoms with van der Waals surface area (Å²) in [7, 11) is 0. The van der Waals surface area contributed by atoms with Gasteiger partial charge in [0.05, 0.1) is 5.56 Å². The molecule has 0 radical (unpaired) electrons. The molecule has 152 valence electrons. The lowest BCUT2D eigenvalue weighted by Gasteiger charge is -2.14. The lowest BCUT2D eigenvalue weighted by molar-refractivity contribution is 0.1000. The number of aromatic hydroxyl groups is 1. The van der Waals surface area contributed by atoms with E-state index in [1.807, 2.05) is 13.0 Å². The van der Waals surface area contributed by atoms with Crippen LogP contribution in [0.25, 0.3) is 11.1 Å². The van der Waals surface area contributed by atoms with Crippen LogP contribution in [0.3, 0.4) is 0 Å². The molecule has 0 spiro atoms. The fourth-order valence-corrected chi connectivity index (χ4v) is 4.08. The number of hydrogen-bond donors (Lipinski definition) is 2. The standard InChI is InChI=1S/C25H30N2O2/c1-4-5-6-13-22-24(20-11-8-12-21(28)15-20)23(25(26)29)18(3)27(22)16-19-10-7-9-17(2)14-19/h7-12,14-15,28H,4-6,13,16H2,1-3H3,(H2,26,29). The SMILES string of the molecule is CCCCCc1c(-c2cccc(O)c2)c(C(N)=O)c(C)n1Cc1cccc(C)c1. The number of phenols is 1. The van der Waals surface area contributed by atoms with E-state index < -0.39 is 5.91 Å². The summed E-state index contributed by atoms with van der Waals surface area (Å²) in [6.45, 7) is 6.92. The number of nitrogens with zero attached hydrogens (tertiary/aromatic N) is 1. The third-order valence-corrected chi connectivity index (χ3v) is 5.45. The molecule has 0 atom stereocenters. The van der Waals surface area contributed by atoms with E-state index >= 15 is 0 Å². The van der Waals surface area contributed by atoms with E-state index in [9.17, 15) is 9.90 Å². The summed E-state index contributed by atoms with van der Waals surface area (Å²) < 4.78 is 2.23. The van der Waals surface area contributed by atoms with Crippen molar-refractivity contribution in [1.82, 2.24) is 4.57 Å². The number of aromatic nitrogens is 1. The summed E-state index contributed by atoms with van der Waals surface area (Å²) in [6.07, 6.45) is 4.15. The first-order chi connectivity index (χ1) is 13.9. The van der Waals surface area contributed by atoms with Crippen LogP contribution in [0.2, 0.25) is 0 Å². The zero-order valence-corrected chi connectivity index (χ0v) is 17.5. The monoisotopic (exact) mass is 390 g/mol. The van der Waals surface area contributed by atoms with Crippen LogP contribution in [0.1, 0.15) is 59.1 Å². The van der Waals surface area contributed by atoms with Crippen LogP contribution < -0.4 is 5.73 Å². The highest BCUT2D eigenvalue weighted by atomic mass is 16.3. The second kappa shape index (κ2) is 8.99. The van der Waals surface area contributed by atoms with Gasteiger partial charge in [0.2, 0.25) is 0 Å². The fourth-order valence-electron chi connectivity index (χ4n) is 4.08. The fraction of sp³-hybridized carbons (Fsp3) is 0.320. The summed E-state index contributed by atoms with van der Waals surface area (Å²) in [5, 5.41) is 10.0. The number of carbonyl (C=O) groups is 1. The molecule has 0 saturated heterocycles. The van der Waals surface area contributed by atoms with Crippen LogP contribution in [-0.2, 0) is 13.0 Å². The van der Waals surface area contributed by atoms with Crippen molar-refractivity contribution in [3.05, 3.63) is 76.6 Å². The predicted octanol–water partition coefficient (Wildman–Crippen LogP) is 5.36. The van der Waals surface area contributed by atoms with E-state index in [2.05, 4.69) is 42.7 Å². The minimum atomic E-state index is -0.430. The molecular formula is C25H30N2O2. The summed E-state index contributed by atoms with van der Waals surface area (Å²) >= 11 is 0. The lowest BCUT2D eigenvalue weighted by Crippen LogP contribution is -2.13. The molecule has 0 aliphatic rings. The highest BCUT2D eigenvalue weighted by Crippen LogP contribution is 2.35. The Morgan fingerprint density at radius 2 is 1.83 bits per heavy atom. The molecule has 2 aromatic carbocycles. The van der Waals surface area contributed by atoms with Gasteiger partial charge < -0.3 is 15.4 Å². The van der Waals surface area contributed by atoms with Crippen molar-refractivity contribution in [1.29, 1.82) is 0 Å². The molecule has 3 aromatic rings. The lowest BCUT2D eigenvalue weighted by atomic mass is 9.97. The highest BCUT2D eigenvalue weighted by Gasteiger charge is 2.24. The molecule has 0 saturated carbocycles. The Balaban J connectivity index is 2.20. The average molecular weight is 391 g/mol. The zero-order valence-electron chi connectivity index (χ0n) is 17.5. The Hall–Kier alpha value is -3.01. The van der Waals surface area contributed by atoms with Crippen molar-refractivity contribution in [3.8, 4) is 16.9 Å². The van der Waals surface area contributed by atoms with E-state index in [0.717, 1.165) is 48.2 Å². The van der Waals surface area contributed by atoms with Gasteiger partial charge in [0.1, 0.15) is 5.75 Å². The second-order valence-corrected chi connectivity index (χ2v) is 7.73. The number of carbonyl (C=O) groups excluding carboxylic acids is 1. The molecule has 0 unspecified atom stereocenters. The van der Waals surface area contributed by atoms with E-state index in [0.29, 0.717) is 12.1 Å². The molecule has 3 N–H and O–H groups in total. The van der Waals surface area contributed by atoms with Gasteiger partial charge in [0.15, 0.2) is 0 Å². The van der Waals surface area contributed by atoms with Gasteiger partial charge in [-0.1, -0.05) is 61.7 Å². The summed E-state index contributed by atoms with van der Waals surface area (Å²) in [4.78, 5) is 12.4. The molecule has 3 rings (SSSR count). The van der Waals surface area contributed by atoms with E-state index in [-0.39, 0.29) is 5.75 Å². The summed E-state index contributed by atoms with van der Waals surface area (Å²) in [6, 6.07) is 15.5. The van der Waals surface area contributed by atoms with Gasteiger partial charge in [0, 0.05) is 23.5 Å². The van der Waals surface area contributed by atoms with Crippen LogP contribution in [0.4, 0.5) is 0 Å². The van der Waals surface area contributed by atoms with Crippen molar-refractivity contribution < 1.29 is 9.90 Å². The summed E-state index contributed by atoms with van der Waals surface area (Å²) in [5.74, 6) is -0.248. The van der Waals surface area contributed by atoms with E-state index in [1.54, 1.807) is 18.2 Å². The smallest absolute Gasteiger partial charge is 0.251 e. The van der Waals surface area contributed by atoms with Crippen LogP contribution >= 0.6 is 0 Å². The second-order valence-electron chi connectivity index (χ2n) is 7.73. The van der Waals surface area contributed by atoms with Gasteiger partial charge in [0.25, 0.3) is 5.91 Å². The molecule has 0 bridgehead atoms. The molecule has 1 heterocycles. The van der Waals surface area contributed by atoms with Gasteiger partial charge >= 0.3 is 0 Å². The van der Waals surface area contributed by atoms with Crippen molar-refractivity contribution in [3.63, 3.8) is 0 Å². The Morgan fingerprint density at radius 1 is 1.07 bits per heavy atom. The van der Waals surface area contributed by atoms with Crippen molar-refractivity contribution in [2.24, 2.45) is 5.73 Å². The summed E-state index contributed by atoms with van der Waals surface area (Å²) in [5.41, 5.74) is 12.5. The Bertz CT molecular complexity index is 1020. The van der Waals surface area contributed by atoms with Crippen molar-refractivity contribution in [2.75, 3.05) is 0 Å². The molecule has 0 aliphatic carbocycles. The first kappa shape index (κ1) is 20.7. The number of phenolic OH excluding ortho intramolecular Hbond substituents is 1. The van der Waals surface area contributed by atoms with Crippen molar-refractivity contribution in [2.45, 2.75) is 53.0 Å². The van der Waals surface area contributed by atoms with Gasteiger partial charge in [-0.3, -0.25) is 4.79 Å². The Kier molecular flexibility index (Phi) is 6.42. The predicted molar refractivity (Wildman–Crippen MR) is 118 cm³/mol. The maximum Gasteiger partial charge on any atom is 0.251 e. The Morgan fingerprint density at radius 3 is 2.48 bits per heavy atom. The van der Waals surface area contributed by atoms with Crippen LogP contribution in [-0.4, -0.2) is 15.6 Å². The average Bonchev–Trinajstić information content (AvgIpc) is 2.94. The normalized spacial score (nSPS) is 11.0. The number of aryl methyl sites for hydroxylation is 1. The number of nitrogens with two attached hydrogens (primary N) is 1. The number of primary amides is 1. The maximum atomic E-state index is 12.4.